The summed E-state index contributed by atoms with van der Waals surface area (Å²) in [5.74, 6) is 0.213. The highest BCUT2D eigenvalue weighted by Crippen LogP contribution is 2.41. The van der Waals surface area contributed by atoms with E-state index < -0.39 is 0 Å². The Morgan fingerprint density at radius 2 is 2.04 bits per heavy atom. The number of nitrogens with zero attached hydrogens (tertiary/aromatic N) is 2. The molecular formula is C21H24BN3O. The monoisotopic (exact) mass is 345 g/mol. The summed E-state index contributed by atoms with van der Waals surface area (Å²) < 4.78 is 0. The SMILES string of the molecule is [B]c1[nH]c2cccc3c2c1CC1C3=CC(C(=O)N2C(C)CC2C)CN1C. The van der Waals surface area contributed by atoms with Crippen LogP contribution in [0.3, 0.4) is 0 Å². The molecule has 5 rings (SSSR count). The molecule has 26 heavy (non-hydrogen) atoms. The van der Waals surface area contributed by atoms with Gasteiger partial charge in [-0.25, -0.2) is 0 Å². The number of nitrogens with one attached hydrogen (secondary N) is 1. The summed E-state index contributed by atoms with van der Waals surface area (Å²) >= 11 is 0. The number of amides is 1. The van der Waals surface area contributed by atoms with Crippen molar-refractivity contribution in [1.29, 1.82) is 0 Å². The fourth-order valence-electron chi connectivity index (χ4n) is 5.37. The Morgan fingerprint density at radius 3 is 2.77 bits per heavy atom. The Labute approximate surface area is 155 Å². The second kappa shape index (κ2) is 5.49. The molecule has 1 fully saturated rings. The highest BCUT2D eigenvalue weighted by Gasteiger charge is 2.42. The van der Waals surface area contributed by atoms with Crippen LogP contribution in [-0.2, 0) is 11.2 Å². The molecule has 4 nitrogen and oxygen atoms in total. The quantitative estimate of drug-likeness (QED) is 0.802. The lowest BCUT2D eigenvalue weighted by atomic mass is 9.77. The maximum absolute atomic E-state index is 13.1. The minimum Gasteiger partial charge on any atom is -0.368 e. The van der Waals surface area contributed by atoms with E-state index in [9.17, 15) is 4.79 Å². The number of hydrogen-bond donors (Lipinski definition) is 1. The van der Waals surface area contributed by atoms with E-state index in [4.69, 9.17) is 7.85 Å². The maximum atomic E-state index is 13.1. The Hall–Kier alpha value is -2.01. The summed E-state index contributed by atoms with van der Waals surface area (Å²) in [6, 6.07) is 7.35. The lowest BCUT2D eigenvalue weighted by Gasteiger charge is -2.48. The standard InChI is InChI=1S/C21H24BN3O/c1-11-7-12(2)25(11)21(26)13-8-15-14-5-4-6-17-19(14)16(20(22)23-17)9-18(15)24(3)10-13/h4-6,8,11-13,18,23H,7,9-10H2,1-3H3. The van der Waals surface area contributed by atoms with E-state index in [1.54, 1.807) is 0 Å². The van der Waals surface area contributed by atoms with Crippen molar-refractivity contribution in [3.8, 4) is 0 Å². The van der Waals surface area contributed by atoms with E-state index >= 15 is 0 Å². The van der Waals surface area contributed by atoms with Gasteiger partial charge in [-0.3, -0.25) is 9.69 Å². The molecule has 5 heteroatoms. The first kappa shape index (κ1) is 16.2. The van der Waals surface area contributed by atoms with E-state index in [1.165, 1.54) is 22.1 Å². The van der Waals surface area contributed by atoms with Crippen LogP contribution in [-0.4, -0.2) is 60.3 Å². The number of rotatable bonds is 1. The minimum absolute atomic E-state index is 0.0652. The fourth-order valence-corrected chi connectivity index (χ4v) is 5.37. The van der Waals surface area contributed by atoms with Crippen LogP contribution in [0, 0.1) is 5.92 Å². The third kappa shape index (κ3) is 2.10. The number of aromatic amines is 1. The van der Waals surface area contributed by atoms with Gasteiger partial charge in [0.15, 0.2) is 0 Å². The molecule has 3 aliphatic rings. The Bertz CT molecular complexity index is 938. The predicted octanol–water partition coefficient (Wildman–Crippen LogP) is 1.84. The van der Waals surface area contributed by atoms with Crippen molar-refractivity contribution in [2.24, 2.45) is 5.92 Å². The number of hydrogen-bond acceptors (Lipinski definition) is 2. The molecule has 2 aromatic rings. The van der Waals surface area contributed by atoms with Crippen molar-refractivity contribution in [1.82, 2.24) is 14.8 Å². The molecule has 1 aliphatic carbocycles. The van der Waals surface area contributed by atoms with E-state index in [2.05, 4.69) is 60.0 Å². The number of carbonyl (C=O) groups is 1. The third-order valence-electron chi connectivity index (χ3n) is 6.63. The predicted molar refractivity (Wildman–Crippen MR) is 106 cm³/mol. The first-order valence-electron chi connectivity index (χ1n) is 9.59. The summed E-state index contributed by atoms with van der Waals surface area (Å²) in [6.45, 7) is 5.08. The molecular weight excluding hydrogens is 321 g/mol. The summed E-state index contributed by atoms with van der Waals surface area (Å²) in [7, 11) is 8.38. The second-order valence-corrected chi connectivity index (χ2v) is 8.31. The van der Waals surface area contributed by atoms with Gasteiger partial charge in [0.1, 0.15) is 7.85 Å². The fraction of sp³-hybridized carbons (Fsp3) is 0.476. The normalized spacial score (nSPS) is 30.7. The highest BCUT2D eigenvalue weighted by molar-refractivity contribution is 6.34. The molecule has 0 saturated carbocycles. The average molecular weight is 345 g/mol. The van der Waals surface area contributed by atoms with Crippen LogP contribution in [0.2, 0.25) is 0 Å². The van der Waals surface area contributed by atoms with Crippen molar-refractivity contribution in [2.75, 3.05) is 13.6 Å². The van der Waals surface area contributed by atoms with Crippen molar-refractivity contribution >= 4 is 35.8 Å². The number of likely N-dealkylation sites (N-methyl/N-ethyl adjacent to an activating group) is 1. The molecule has 0 bridgehead atoms. The summed E-state index contributed by atoms with van der Waals surface area (Å²) in [5.41, 5.74) is 5.61. The molecule has 0 spiro atoms. The summed E-state index contributed by atoms with van der Waals surface area (Å²) in [6.07, 6.45) is 4.26. The minimum atomic E-state index is -0.0652. The first-order valence-corrected chi connectivity index (χ1v) is 9.59. The Morgan fingerprint density at radius 1 is 1.27 bits per heavy atom. The van der Waals surface area contributed by atoms with Gasteiger partial charge in [-0.05, 0) is 62.1 Å². The molecule has 3 heterocycles. The number of H-pyrrole nitrogens is 1. The van der Waals surface area contributed by atoms with Crippen LogP contribution in [0.25, 0.3) is 16.5 Å². The third-order valence-corrected chi connectivity index (χ3v) is 6.63. The molecule has 4 atom stereocenters. The molecule has 4 unspecified atom stereocenters. The average Bonchev–Trinajstić information content (AvgIpc) is 2.92. The van der Waals surface area contributed by atoms with Crippen molar-refractivity contribution in [2.45, 2.75) is 44.8 Å². The molecule has 132 valence electrons. The van der Waals surface area contributed by atoms with E-state index in [1.807, 2.05) is 0 Å². The van der Waals surface area contributed by atoms with Crippen LogP contribution in [0.1, 0.15) is 31.4 Å². The van der Waals surface area contributed by atoms with Gasteiger partial charge in [0, 0.05) is 35.6 Å². The molecule has 1 aromatic carbocycles. The molecule has 2 radical (unpaired) electrons. The number of fused-ring (bicyclic) bond motifs is 2. The number of benzene rings is 1. The van der Waals surface area contributed by atoms with E-state index in [0.29, 0.717) is 18.1 Å². The van der Waals surface area contributed by atoms with Gasteiger partial charge in [-0.2, -0.15) is 0 Å². The van der Waals surface area contributed by atoms with Crippen LogP contribution < -0.4 is 5.59 Å². The largest absolute Gasteiger partial charge is 0.368 e. The summed E-state index contributed by atoms with van der Waals surface area (Å²) in [5, 5.41) is 1.24. The van der Waals surface area contributed by atoms with Crippen molar-refractivity contribution in [3.63, 3.8) is 0 Å². The molecule has 2 aliphatic heterocycles. The first-order chi connectivity index (χ1) is 12.5. The topological polar surface area (TPSA) is 39.3 Å². The molecule has 1 N–H and O–H groups in total. The maximum Gasteiger partial charge on any atom is 0.231 e. The van der Waals surface area contributed by atoms with E-state index in [-0.39, 0.29) is 11.8 Å². The zero-order valence-electron chi connectivity index (χ0n) is 15.6. The molecule has 1 aromatic heterocycles. The van der Waals surface area contributed by atoms with E-state index in [0.717, 1.165) is 30.5 Å². The van der Waals surface area contributed by atoms with Gasteiger partial charge < -0.3 is 9.88 Å². The van der Waals surface area contributed by atoms with Gasteiger partial charge in [-0.15, -0.1) is 0 Å². The summed E-state index contributed by atoms with van der Waals surface area (Å²) in [4.78, 5) is 20.9. The highest BCUT2D eigenvalue weighted by atomic mass is 16.2. The van der Waals surface area contributed by atoms with Gasteiger partial charge in [0.25, 0.3) is 0 Å². The van der Waals surface area contributed by atoms with Crippen LogP contribution in [0.15, 0.2) is 24.3 Å². The zero-order valence-corrected chi connectivity index (χ0v) is 15.6. The lowest BCUT2D eigenvalue weighted by molar-refractivity contribution is -0.146. The van der Waals surface area contributed by atoms with Crippen LogP contribution >= 0.6 is 0 Å². The van der Waals surface area contributed by atoms with Gasteiger partial charge in [0.2, 0.25) is 5.91 Å². The number of carbonyl (C=O) groups excluding carboxylic acids is 1. The zero-order chi connectivity index (χ0) is 18.2. The number of likely N-dealkylation sites (tertiary alicyclic amines) is 1. The van der Waals surface area contributed by atoms with Crippen LogP contribution in [0.4, 0.5) is 0 Å². The smallest absolute Gasteiger partial charge is 0.231 e. The number of aromatic nitrogens is 1. The van der Waals surface area contributed by atoms with Crippen molar-refractivity contribution < 1.29 is 4.79 Å². The molecule has 1 amide bonds. The second-order valence-electron chi connectivity index (χ2n) is 8.31. The van der Waals surface area contributed by atoms with Gasteiger partial charge in [0.05, 0.1) is 5.92 Å². The lowest BCUT2D eigenvalue weighted by Crippen LogP contribution is -2.59. The Kier molecular flexibility index (Phi) is 3.42. The molecule has 1 saturated heterocycles. The van der Waals surface area contributed by atoms with Gasteiger partial charge >= 0.3 is 0 Å². The Balaban J connectivity index is 1.60. The van der Waals surface area contributed by atoms with Crippen molar-refractivity contribution in [3.05, 3.63) is 35.4 Å². The van der Waals surface area contributed by atoms with Gasteiger partial charge in [-0.1, -0.05) is 18.2 Å². The van der Waals surface area contributed by atoms with Crippen LogP contribution in [0.5, 0.6) is 0 Å².